The molecule has 0 saturated heterocycles. The Hall–Kier alpha value is -0.470. The number of rotatable bonds is 7. The van der Waals surface area contributed by atoms with Gasteiger partial charge >= 0.3 is 0 Å². The van der Waals surface area contributed by atoms with Crippen LogP contribution in [0.25, 0.3) is 0 Å². The lowest BCUT2D eigenvalue weighted by molar-refractivity contribution is 0.0657. The van der Waals surface area contributed by atoms with E-state index < -0.39 is 10.0 Å². The lowest BCUT2D eigenvalue weighted by atomic mass is 9.76. The van der Waals surface area contributed by atoms with Gasteiger partial charge in [0.1, 0.15) is 4.21 Å². The van der Waals surface area contributed by atoms with Crippen molar-refractivity contribution in [2.45, 2.75) is 42.5 Å². The van der Waals surface area contributed by atoms with Crippen LogP contribution in [0.2, 0.25) is 0 Å². The molecular weight excluding hydrogens is 306 g/mol. The first-order valence-corrected chi connectivity index (χ1v) is 9.52. The van der Waals surface area contributed by atoms with E-state index in [4.69, 9.17) is 0 Å². The molecule has 0 bridgehead atoms. The van der Waals surface area contributed by atoms with Gasteiger partial charge in [-0.15, -0.1) is 11.3 Å². The van der Waals surface area contributed by atoms with Gasteiger partial charge in [0.05, 0.1) is 0 Å². The van der Waals surface area contributed by atoms with Crippen molar-refractivity contribution in [3.05, 3.63) is 16.5 Å². The van der Waals surface area contributed by atoms with Gasteiger partial charge in [-0.25, -0.2) is 13.1 Å². The van der Waals surface area contributed by atoms with Gasteiger partial charge in [0.15, 0.2) is 0 Å². The van der Waals surface area contributed by atoms with Crippen LogP contribution < -0.4 is 10.0 Å². The molecule has 0 radical (unpaired) electrons. The van der Waals surface area contributed by atoms with E-state index >= 15 is 0 Å². The highest BCUT2D eigenvalue weighted by molar-refractivity contribution is 7.91. The van der Waals surface area contributed by atoms with Crippen molar-refractivity contribution in [3.63, 3.8) is 0 Å². The van der Waals surface area contributed by atoms with Crippen molar-refractivity contribution in [2.24, 2.45) is 0 Å². The Morgan fingerprint density at radius 3 is 2.52 bits per heavy atom. The summed E-state index contributed by atoms with van der Waals surface area (Å²) < 4.78 is 28.2. The first-order chi connectivity index (χ1) is 9.81. The van der Waals surface area contributed by atoms with Gasteiger partial charge < -0.3 is 10.2 Å². The molecule has 21 heavy (non-hydrogen) atoms. The van der Waals surface area contributed by atoms with Crippen LogP contribution in [-0.2, 0) is 16.6 Å². The number of hydrogen-bond acceptors (Lipinski definition) is 5. The molecule has 2 rings (SSSR count). The summed E-state index contributed by atoms with van der Waals surface area (Å²) in [7, 11) is 2.50. The minimum Gasteiger partial charge on any atom is -0.315 e. The van der Waals surface area contributed by atoms with Gasteiger partial charge in [-0.1, -0.05) is 0 Å². The van der Waals surface area contributed by atoms with E-state index in [2.05, 4.69) is 14.9 Å². The molecule has 120 valence electrons. The molecule has 1 aromatic rings. The van der Waals surface area contributed by atoms with Crippen LogP contribution in [0.3, 0.4) is 0 Å². The Labute approximate surface area is 131 Å². The first-order valence-electron chi connectivity index (χ1n) is 7.22. The fourth-order valence-corrected chi connectivity index (χ4v) is 5.39. The maximum Gasteiger partial charge on any atom is 0.250 e. The third-order valence-corrected chi connectivity index (χ3v) is 7.54. The minimum atomic E-state index is -3.41. The highest BCUT2D eigenvalue weighted by atomic mass is 32.2. The van der Waals surface area contributed by atoms with Crippen LogP contribution >= 0.6 is 11.3 Å². The molecule has 1 fully saturated rings. The summed E-state index contributed by atoms with van der Waals surface area (Å²) in [4.78, 5) is 3.22. The summed E-state index contributed by atoms with van der Waals surface area (Å²) >= 11 is 1.35. The highest BCUT2D eigenvalue weighted by Crippen LogP contribution is 2.36. The monoisotopic (exact) mass is 331 g/mol. The average molecular weight is 332 g/mol. The number of likely N-dealkylation sites (N-methyl/N-ethyl adjacent to an activating group) is 1. The van der Waals surface area contributed by atoms with Crippen molar-refractivity contribution in [3.8, 4) is 0 Å². The quantitative estimate of drug-likeness (QED) is 0.796. The van der Waals surface area contributed by atoms with E-state index in [1.54, 1.807) is 6.07 Å². The molecule has 5 nitrogen and oxygen atoms in total. The highest BCUT2D eigenvalue weighted by Gasteiger charge is 2.40. The summed E-state index contributed by atoms with van der Waals surface area (Å²) in [5, 5.41) is 3.07. The molecule has 1 aliphatic carbocycles. The number of thiophene rings is 1. The molecule has 1 heterocycles. The molecule has 0 unspecified atom stereocenters. The Bertz CT molecular complexity index is 589. The average Bonchev–Trinajstić information content (AvgIpc) is 2.70. The SMILES string of the molecule is CNCc1sc(S(=O)(=O)NCC2(N(C)C)CCC2)cc1C. The van der Waals surface area contributed by atoms with E-state index in [1.165, 1.54) is 17.8 Å². The molecule has 0 aromatic carbocycles. The van der Waals surface area contributed by atoms with Crippen LogP contribution in [0.15, 0.2) is 10.3 Å². The normalized spacial score (nSPS) is 18.0. The molecule has 1 saturated carbocycles. The maximum atomic E-state index is 12.5. The number of sulfonamides is 1. The van der Waals surface area contributed by atoms with Gasteiger partial charge in [-0.3, -0.25) is 0 Å². The van der Waals surface area contributed by atoms with Crippen LogP contribution in [0.4, 0.5) is 0 Å². The summed E-state index contributed by atoms with van der Waals surface area (Å²) in [5.41, 5.74) is 1.02. The zero-order chi connectivity index (χ0) is 15.7. The summed E-state index contributed by atoms with van der Waals surface area (Å²) in [6, 6.07) is 1.77. The third kappa shape index (κ3) is 3.48. The number of nitrogens with zero attached hydrogens (tertiary/aromatic N) is 1. The molecule has 1 aromatic heterocycles. The van der Waals surface area contributed by atoms with Gasteiger partial charge in [-0.2, -0.15) is 0 Å². The Balaban J connectivity index is 2.10. The Kier molecular flexibility index (Phi) is 5.10. The molecule has 7 heteroatoms. The number of hydrogen-bond donors (Lipinski definition) is 2. The summed E-state index contributed by atoms with van der Waals surface area (Å²) in [6.45, 7) is 3.14. The van der Waals surface area contributed by atoms with Crippen LogP contribution in [-0.4, -0.2) is 46.5 Å². The van der Waals surface area contributed by atoms with Crippen molar-refractivity contribution in [1.29, 1.82) is 0 Å². The van der Waals surface area contributed by atoms with Crippen molar-refractivity contribution < 1.29 is 8.42 Å². The number of nitrogens with one attached hydrogen (secondary N) is 2. The fraction of sp³-hybridized carbons (Fsp3) is 0.714. The van der Waals surface area contributed by atoms with Gasteiger partial charge in [0.2, 0.25) is 10.0 Å². The largest absolute Gasteiger partial charge is 0.315 e. The lowest BCUT2D eigenvalue weighted by Crippen LogP contribution is -2.57. The molecule has 0 spiro atoms. The van der Waals surface area contributed by atoms with Crippen molar-refractivity contribution in [2.75, 3.05) is 27.7 Å². The molecule has 0 amide bonds. The van der Waals surface area contributed by atoms with E-state index in [0.29, 0.717) is 17.3 Å². The van der Waals surface area contributed by atoms with Crippen LogP contribution in [0.5, 0.6) is 0 Å². The summed E-state index contributed by atoms with van der Waals surface area (Å²) in [5.74, 6) is 0. The standard InChI is InChI=1S/C14H25N3O2S2/c1-11-8-13(20-12(11)9-15-2)21(18,19)16-10-14(17(3)4)6-5-7-14/h8,15-16H,5-7,9-10H2,1-4H3. The summed E-state index contributed by atoms with van der Waals surface area (Å²) in [6.07, 6.45) is 3.28. The molecule has 0 aliphatic heterocycles. The van der Waals surface area contributed by atoms with E-state index in [9.17, 15) is 8.42 Å². The lowest BCUT2D eigenvalue weighted by Gasteiger charge is -2.47. The Morgan fingerprint density at radius 2 is 2.05 bits per heavy atom. The van der Waals surface area contributed by atoms with Crippen molar-refractivity contribution >= 4 is 21.4 Å². The predicted molar refractivity (Wildman–Crippen MR) is 87.3 cm³/mol. The van der Waals surface area contributed by atoms with E-state index in [-0.39, 0.29) is 5.54 Å². The second-order valence-corrected chi connectivity index (χ2v) is 9.13. The number of aryl methyl sites for hydroxylation is 1. The van der Waals surface area contributed by atoms with E-state index in [1.807, 2.05) is 28.1 Å². The zero-order valence-corrected chi connectivity index (χ0v) is 14.8. The van der Waals surface area contributed by atoms with Crippen LogP contribution in [0, 0.1) is 6.92 Å². The fourth-order valence-electron chi connectivity index (χ4n) is 2.62. The van der Waals surface area contributed by atoms with Gasteiger partial charge in [0, 0.05) is 23.5 Å². The van der Waals surface area contributed by atoms with Crippen molar-refractivity contribution in [1.82, 2.24) is 14.9 Å². The topological polar surface area (TPSA) is 61.4 Å². The third-order valence-electron chi connectivity index (χ3n) is 4.42. The van der Waals surface area contributed by atoms with E-state index in [0.717, 1.165) is 23.3 Å². The second kappa shape index (κ2) is 6.34. The van der Waals surface area contributed by atoms with Gasteiger partial charge in [-0.05, 0) is 59.0 Å². The molecule has 2 N–H and O–H groups in total. The maximum absolute atomic E-state index is 12.5. The second-order valence-electron chi connectivity index (χ2n) is 6.00. The van der Waals surface area contributed by atoms with Crippen LogP contribution in [0.1, 0.15) is 29.7 Å². The molecular formula is C14H25N3O2S2. The molecule has 0 atom stereocenters. The smallest absolute Gasteiger partial charge is 0.250 e. The Morgan fingerprint density at radius 1 is 1.38 bits per heavy atom. The zero-order valence-electron chi connectivity index (χ0n) is 13.2. The predicted octanol–water partition coefficient (Wildman–Crippen LogP) is 1.54. The minimum absolute atomic E-state index is 0.00677. The first kappa shape index (κ1) is 16.9. The van der Waals surface area contributed by atoms with Gasteiger partial charge in [0.25, 0.3) is 0 Å². The molecule has 1 aliphatic rings.